The van der Waals surface area contributed by atoms with E-state index in [9.17, 15) is 9.59 Å². The largest absolute Gasteiger partial charge is 0.336 e. The van der Waals surface area contributed by atoms with Gasteiger partial charge < -0.3 is 5.32 Å². The van der Waals surface area contributed by atoms with Crippen molar-refractivity contribution in [2.75, 3.05) is 13.1 Å². The van der Waals surface area contributed by atoms with Gasteiger partial charge in [0.25, 0.3) is 5.91 Å². The SMILES string of the molecule is O=C(Cn1nnc(-c2cccc(Cl)c2)n1)N1CCNC1=O. The van der Waals surface area contributed by atoms with Crippen molar-refractivity contribution in [2.24, 2.45) is 0 Å². The predicted molar refractivity (Wildman–Crippen MR) is 73.4 cm³/mol. The standard InChI is InChI=1S/C12H11ClN6O2/c13-9-3-1-2-8(6-9)11-15-17-19(16-11)7-10(20)18-5-4-14-12(18)21/h1-3,6H,4-5,7H2,(H,14,21). The monoisotopic (exact) mass is 306 g/mol. The Balaban J connectivity index is 1.73. The number of carbonyl (C=O) groups is 2. The molecule has 1 aliphatic heterocycles. The quantitative estimate of drug-likeness (QED) is 0.893. The molecule has 0 bridgehead atoms. The number of nitrogens with zero attached hydrogens (tertiary/aromatic N) is 5. The molecule has 9 heteroatoms. The van der Waals surface area contributed by atoms with Crippen LogP contribution in [0.1, 0.15) is 0 Å². The molecule has 1 aliphatic rings. The number of amides is 3. The normalized spacial score (nSPS) is 14.3. The summed E-state index contributed by atoms with van der Waals surface area (Å²) in [5.74, 6) is -0.00350. The van der Waals surface area contributed by atoms with Crippen molar-refractivity contribution in [3.63, 3.8) is 0 Å². The van der Waals surface area contributed by atoms with Gasteiger partial charge in [-0.3, -0.25) is 9.69 Å². The van der Waals surface area contributed by atoms with Crippen LogP contribution in [0.4, 0.5) is 4.79 Å². The molecule has 1 fully saturated rings. The predicted octanol–water partition coefficient (Wildman–Crippen LogP) is 0.545. The Hall–Kier alpha value is -2.48. The van der Waals surface area contributed by atoms with Crippen LogP contribution in [-0.2, 0) is 11.3 Å². The van der Waals surface area contributed by atoms with Gasteiger partial charge in [-0.15, -0.1) is 10.2 Å². The molecule has 3 rings (SSSR count). The maximum absolute atomic E-state index is 11.9. The molecular weight excluding hydrogens is 296 g/mol. The molecule has 1 N–H and O–H groups in total. The van der Waals surface area contributed by atoms with Crippen LogP contribution in [-0.4, -0.2) is 50.1 Å². The van der Waals surface area contributed by atoms with Gasteiger partial charge in [-0.1, -0.05) is 23.7 Å². The molecular formula is C12H11ClN6O2. The second kappa shape index (κ2) is 5.49. The lowest BCUT2D eigenvalue weighted by molar-refractivity contribution is -0.128. The Morgan fingerprint density at radius 3 is 3.00 bits per heavy atom. The van der Waals surface area contributed by atoms with E-state index in [0.29, 0.717) is 29.5 Å². The number of aromatic nitrogens is 4. The molecule has 0 radical (unpaired) electrons. The summed E-state index contributed by atoms with van der Waals surface area (Å²) in [5.41, 5.74) is 0.708. The van der Waals surface area contributed by atoms with Crippen LogP contribution in [0.3, 0.4) is 0 Å². The summed E-state index contributed by atoms with van der Waals surface area (Å²) in [4.78, 5) is 25.6. The van der Waals surface area contributed by atoms with E-state index in [1.165, 1.54) is 0 Å². The number of rotatable bonds is 3. The number of imide groups is 1. The molecule has 0 unspecified atom stereocenters. The molecule has 108 valence electrons. The van der Waals surface area contributed by atoms with Crippen molar-refractivity contribution in [2.45, 2.75) is 6.54 Å². The van der Waals surface area contributed by atoms with Gasteiger partial charge in [0.05, 0.1) is 0 Å². The van der Waals surface area contributed by atoms with E-state index in [1.54, 1.807) is 24.3 Å². The highest BCUT2D eigenvalue weighted by Gasteiger charge is 2.26. The Morgan fingerprint density at radius 2 is 2.29 bits per heavy atom. The summed E-state index contributed by atoms with van der Waals surface area (Å²) in [6, 6.07) is 6.63. The van der Waals surface area contributed by atoms with Gasteiger partial charge in [-0.05, 0) is 17.3 Å². The highest BCUT2D eigenvalue weighted by atomic mass is 35.5. The maximum atomic E-state index is 11.9. The fourth-order valence-electron chi connectivity index (χ4n) is 1.97. The van der Waals surface area contributed by atoms with Gasteiger partial charge in [0, 0.05) is 23.7 Å². The number of halogens is 1. The first-order valence-corrected chi connectivity index (χ1v) is 6.63. The molecule has 2 aromatic rings. The van der Waals surface area contributed by atoms with E-state index in [0.717, 1.165) is 9.70 Å². The number of hydrogen-bond acceptors (Lipinski definition) is 5. The lowest BCUT2D eigenvalue weighted by atomic mass is 10.2. The van der Waals surface area contributed by atoms with Gasteiger partial charge in [0.2, 0.25) is 5.82 Å². The zero-order chi connectivity index (χ0) is 14.8. The highest BCUT2D eigenvalue weighted by molar-refractivity contribution is 6.30. The fraction of sp³-hybridized carbons (Fsp3) is 0.250. The first-order valence-electron chi connectivity index (χ1n) is 6.25. The maximum Gasteiger partial charge on any atom is 0.324 e. The van der Waals surface area contributed by atoms with Crippen molar-refractivity contribution in [3.8, 4) is 11.4 Å². The molecule has 0 saturated carbocycles. The minimum atomic E-state index is -0.393. The number of hydrogen-bond donors (Lipinski definition) is 1. The van der Waals surface area contributed by atoms with Gasteiger partial charge >= 0.3 is 6.03 Å². The lowest BCUT2D eigenvalue weighted by Gasteiger charge is -2.10. The summed E-state index contributed by atoms with van der Waals surface area (Å²) >= 11 is 5.90. The average Bonchev–Trinajstić information content (AvgIpc) is 3.08. The fourth-order valence-corrected chi connectivity index (χ4v) is 2.16. The van der Waals surface area contributed by atoms with E-state index in [2.05, 4.69) is 20.7 Å². The third-order valence-corrected chi connectivity index (χ3v) is 3.21. The molecule has 21 heavy (non-hydrogen) atoms. The molecule has 1 saturated heterocycles. The van der Waals surface area contributed by atoms with E-state index in [1.807, 2.05) is 0 Å². The third kappa shape index (κ3) is 2.84. The topological polar surface area (TPSA) is 93.0 Å². The minimum absolute atomic E-state index is 0.138. The van der Waals surface area contributed by atoms with Gasteiger partial charge in [-0.2, -0.15) is 4.80 Å². The summed E-state index contributed by atoms with van der Waals surface area (Å²) in [6.07, 6.45) is 0. The van der Waals surface area contributed by atoms with Gasteiger partial charge in [-0.25, -0.2) is 4.79 Å². The number of nitrogens with one attached hydrogen (secondary N) is 1. The van der Waals surface area contributed by atoms with Gasteiger partial charge in [0.15, 0.2) is 0 Å². The van der Waals surface area contributed by atoms with Gasteiger partial charge in [0.1, 0.15) is 6.54 Å². The summed E-state index contributed by atoms with van der Waals surface area (Å²) in [5, 5.41) is 14.9. The van der Waals surface area contributed by atoms with Crippen LogP contribution < -0.4 is 5.32 Å². The van der Waals surface area contributed by atoms with Crippen LogP contribution in [0.15, 0.2) is 24.3 Å². The molecule has 1 aromatic heterocycles. The Labute approximate surface area is 124 Å². The second-order valence-corrected chi connectivity index (χ2v) is 4.87. The third-order valence-electron chi connectivity index (χ3n) is 2.97. The van der Waals surface area contributed by atoms with Crippen LogP contribution in [0.2, 0.25) is 5.02 Å². The Bertz CT molecular complexity index is 701. The lowest BCUT2D eigenvalue weighted by Crippen LogP contribution is -2.37. The number of carbonyl (C=O) groups excluding carboxylic acids is 2. The number of tetrazole rings is 1. The van der Waals surface area contributed by atoms with Crippen molar-refractivity contribution in [1.82, 2.24) is 30.4 Å². The van der Waals surface area contributed by atoms with Crippen LogP contribution in [0.25, 0.3) is 11.4 Å². The molecule has 2 heterocycles. The van der Waals surface area contributed by atoms with Crippen molar-refractivity contribution < 1.29 is 9.59 Å². The van der Waals surface area contributed by atoms with E-state index < -0.39 is 6.03 Å². The van der Waals surface area contributed by atoms with Crippen LogP contribution >= 0.6 is 11.6 Å². The van der Waals surface area contributed by atoms with Crippen molar-refractivity contribution in [1.29, 1.82) is 0 Å². The van der Waals surface area contributed by atoms with E-state index in [4.69, 9.17) is 11.6 Å². The van der Waals surface area contributed by atoms with E-state index >= 15 is 0 Å². The van der Waals surface area contributed by atoms with Crippen molar-refractivity contribution >= 4 is 23.5 Å². The number of urea groups is 1. The Kier molecular flexibility index (Phi) is 3.53. The van der Waals surface area contributed by atoms with E-state index in [-0.39, 0.29) is 12.5 Å². The second-order valence-electron chi connectivity index (χ2n) is 4.43. The summed E-state index contributed by atoms with van der Waals surface area (Å²) < 4.78 is 0. The van der Waals surface area contributed by atoms with Crippen LogP contribution in [0.5, 0.6) is 0 Å². The van der Waals surface area contributed by atoms with Crippen LogP contribution in [0, 0.1) is 0 Å². The van der Waals surface area contributed by atoms with Crippen molar-refractivity contribution in [3.05, 3.63) is 29.3 Å². The molecule has 1 aromatic carbocycles. The first-order chi connectivity index (χ1) is 10.1. The molecule has 8 nitrogen and oxygen atoms in total. The first kappa shape index (κ1) is 13.5. The average molecular weight is 307 g/mol. The smallest absolute Gasteiger partial charge is 0.324 e. The molecule has 3 amide bonds. The minimum Gasteiger partial charge on any atom is -0.336 e. The highest BCUT2D eigenvalue weighted by Crippen LogP contribution is 2.18. The summed E-state index contributed by atoms with van der Waals surface area (Å²) in [6.45, 7) is 0.678. The molecule has 0 atom stereocenters. The molecule has 0 spiro atoms. The zero-order valence-corrected chi connectivity index (χ0v) is 11.6. The number of benzene rings is 1. The Morgan fingerprint density at radius 1 is 1.43 bits per heavy atom. The molecule has 0 aliphatic carbocycles. The zero-order valence-electron chi connectivity index (χ0n) is 10.9. The summed E-state index contributed by atoms with van der Waals surface area (Å²) in [7, 11) is 0.